The fourth-order valence-electron chi connectivity index (χ4n) is 6.23. The molecule has 3 aliphatic carbocycles. The fourth-order valence-corrected chi connectivity index (χ4v) is 6.23. The van der Waals surface area contributed by atoms with Gasteiger partial charge in [0, 0.05) is 49.1 Å². The van der Waals surface area contributed by atoms with E-state index in [2.05, 4.69) is 47.0 Å². The summed E-state index contributed by atoms with van der Waals surface area (Å²) in [5.41, 5.74) is 7.32. The van der Waals surface area contributed by atoms with E-state index in [1.165, 1.54) is 50.6 Å². The zero-order chi connectivity index (χ0) is 24.8. The van der Waals surface area contributed by atoms with Gasteiger partial charge in [-0.1, -0.05) is 32.4 Å². The number of hydrogen-bond donors (Lipinski definition) is 0. The first-order valence-electron chi connectivity index (χ1n) is 13.8. The number of nitrogens with zero attached hydrogens (tertiary/aromatic N) is 5. The molecule has 1 atom stereocenters. The first-order chi connectivity index (χ1) is 17.6. The van der Waals surface area contributed by atoms with Gasteiger partial charge in [0.05, 0.1) is 17.0 Å². The maximum atomic E-state index is 10.3. The molecule has 4 aliphatic rings. The van der Waals surface area contributed by atoms with Gasteiger partial charge < -0.3 is 9.80 Å². The number of piperazine rings is 1. The summed E-state index contributed by atoms with van der Waals surface area (Å²) < 4.78 is 0. The molecule has 2 aromatic rings. The van der Waals surface area contributed by atoms with E-state index in [0.29, 0.717) is 12.0 Å². The summed E-state index contributed by atoms with van der Waals surface area (Å²) in [5.74, 6) is 2.96. The Balaban J connectivity index is 1.34. The zero-order valence-electron chi connectivity index (χ0n) is 21.5. The third-order valence-electron chi connectivity index (χ3n) is 8.85. The van der Waals surface area contributed by atoms with E-state index in [1.807, 2.05) is 12.3 Å². The topological polar surface area (TPSA) is 56.1 Å². The first-order valence-corrected chi connectivity index (χ1v) is 13.8. The molecule has 1 unspecified atom stereocenters. The highest BCUT2D eigenvalue weighted by molar-refractivity contribution is 5.77. The Hall–Kier alpha value is -3.13. The molecule has 5 heteroatoms. The van der Waals surface area contributed by atoms with Gasteiger partial charge >= 0.3 is 0 Å². The molecular weight excluding hydrogens is 442 g/mol. The van der Waals surface area contributed by atoms with Crippen LogP contribution in [0, 0.1) is 30.1 Å². The minimum absolute atomic E-state index is 0.480. The summed E-state index contributed by atoms with van der Waals surface area (Å²) in [4.78, 5) is 14.7. The lowest BCUT2D eigenvalue weighted by molar-refractivity contribution is 0.182. The molecule has 0 aromatic carbocycles. The molecule has 0 N–H and O–H groups in total. The molecule has 2 aromatic heterocycles. The SMILES string of the molecule is C=Cc1cc(-c2c(C3CC3)nc(N3CCN(C(=C)CC4CCC4)C(C4CC4)C3)c(C#N)c2C)ccn1. The summed E-state index contributed by atoms with van der Waals surface area (Å²) in [7, 11) is 0. The lowest BCUT2D eigenvalue weighted by Crippen LogP contribution is -2.54. The summed E-state index contributed by atoms with van der Waals surface area (Å²) in [5, 5.41) is 10.3. The Bertz CT molecular complexity index is 1230. The molecule has 3 heterocycles. The van der Waals surface area contributed by atoms with Gasteiger partial charge in [-0.05, 0) is 80.2 Å². The predicted octanol–water partition coefficient (Wildman–Crippen LogP) is 6.45. The zero-order valence-corrected chi connectivity index (χ0v) is 21.5. The Morgan fingerprint density at radius 1 is 1.19 bits per heavy atom. The number of hydrogen-bond acceptors (Lipinski definition) is 5. The van der Waals surface area contributed by atoms with Crippen molar-refractivity contribution in [2.24, 2.45) is 11.8 Å². The predicted molar refractivity (Wildman–Crippen MR) is 146 cm³/mol. The Labute approximate surface area is 215 Å². The molecule has 4 fully saturated rings. The lowest BCUT2D eigenvalue weighted by Gasteiger charge is -2.45. The summed E-state index contributed by atoms with van der Waals surface area (Å²) >= 11 is 0. The van der Waals surface area contributed by atoms with Crippen molar-refractivity contribution in [1.82, 2.24) is 14.9 Å². The van der Waals surface area contributed by atoms with Gasteiger partial charge in [-0.2, -0.15) is 5.26 Å². The van der Waals surface area contributed by atoms with Crippen LogP contribution in [0.25, 0.3) is 17.2 Å². The van der Waals surface area contributed by atoms with Crippen LogP contribution in [0.15, 0.2) is 37.2 Å². The van der Waals surface area contributed by atoms with Crippen molar-refractivity contribution in [2.45, 2.75) is 70.3 Å². The summed E-state index contributed by atoms with van der Waals surface area (Å²) in [6.07, 6.45) is 13.8. The number of allylic oxidation sites excluding steroid dienone is 1. The van der Waals surface area contributed by atoms with E-state index < -0.39 is 0 Å². The van der Waals surface area contributed by atoms with Crippen molar-refractivity contribution in [3.8, 4) is 17.2 Å². The number of nitriles is 1. The van der Waals surface area contributed by atoms with Crippen molar-refractivity contribution in [2.75, 3.05) is 24.5 Å². The highest BCUT2D eigenvalue weighted by atomic mass is 15.3. The van der Waals surface area contributed by atoms with E-state index in [9.17, 15) is 5.26 Å². The first kappa shape index (κ1) is 23.3. The van der Waals surface area contributed by atoms with Crippen LogP contribution in [0.5, 0.6) is 0 Å². The molecule has 0 radical (unpaired) electrons. The van der Waals surface area contributed by atoms with E-state index in [1.54, 1.807) is 6.08 Å². The van der Waals surface area contributed by atoms with E-state index in [4.69, 9.17) is 4.98 Å². The van der Waals surface area contributed by atoms with Crippen LogP contribution >= 0.6 is 0 Å². The number of rotatable bonds is 8. The van der Waals surface area contributed by atoms with Gasteiger partial charge in [-0.25, -0.2) is 4.98 Å². The highest BCUT2D eigenvalue weighted by Gasteiger charge is 2.41. The van der Waals surface area contributed by atoms with Crippen LogP contribution in [0.4, 0.5) is 5.82 Å². The van der Waals surface area contributed by atoms with Crippen molar-refractivity contribution < 1.29 is 0 Å². The van der Waals surface area contributed by atoms with Gasteiger partial charge in [0.1, 0.15) is 11.9 Å². The Morgan fingerprint density at radius 2 is 2.00 bits per heavy atom. The summed E-state index contributed by atoms with van der Waals surface area (Å²) in [6, 6.07) is 7.15. The second kappa shape index (κ2) is 9.39. The van der Waals surface area contributed by atoms with Crippen LogP contribution in [-0.4, -0.2) is 40.5 Å². The van der Waals surface area contributed by atoms with Crippen LogP contribution in [0.1, 0.15) is 79.8 Å². The third-order valence-corrected chi connectivity index (χ3v) is 8.85. The van der Waals surface area contributed by atoms with Crippen LogP contribution in [0.3, 0.4) is 0 Å². The van der Waals surface area contributed by atoms with Gasteiger partial charge in [-0.15, -0.1) is 0 Å². The molecule has 186 valence electrons. The fraction of sp³-hybridized carbons (Fsp3) is 0.516. The van der Waals surface area contributed by atoms with Crippen LogP contribution in [-0.2, 0) is 0 Å². The van der Waals surface area contributed by atoms with Crippen molar-refractivity contribution in [3.05, 3.63) is 59.7 Å². The van der Waals surface area contributed by atoms with Gasteiger partial charge in [0.2, 0.25) is 0 Å². The Morgan fingerprint density at radius 3 is 2.64 bits per heavy atom. The average Bonchev–Trinajstić information content (AvgIpc) is 3.78. The van der Waals surface area contributed by atoms with Crippen molar-refractivity contribution >= 4 is 11.9 Å². The van der Waals surface area contributed by atoms with Crippen LogP contribution < -0.4 is 4.90 Å². The van der Waals surface area contributed by atoms with Gasteiger partial charge in [0.15, 0.2) is 0 Å². The van der Waals surface area contributed by atoms with Gasteiger partial charge in [-0.3, -0.25) is 4.98 Å². The minimum atomic E-state index is 0.480. The summed E-state index contributed by atoms with van der Waals surface area (Å²) in [6.45, 7) is 13.3. The second-order valence-corrected chi connectivity index (χ2v) is 11.4. The molecule has 0 spiro atoms. The highest BCUT2D eigenvalue weighted by Crippen LogP contribution is 2.47. The molecule has 6 rings (SSSR count). The molecule has 1 aliphatic heterocycles. The second-order valence-electron chi connectivity index (χ2n) is 11.4. The molecule has 0 bridgehead atoms. The molecular formula is C31H37N5. The van der Waals surface area contributed by atoms with E-state index >= 15 is 0 Å². The number of pyridine rings is 2. The smallest absolute Gasteiger partial charge is 0.147 e. The van der Waals surface area contributed by atoms with Crippen LogP contribution in [0.2, 0.25) is 0 Å². The number of anilines is 1. The van der Waals surface area contributed by atoms with Crippen molar-refractivity contribution in [3.63, 3.8) is 0 Å². The average molecular weight is 480 g/mol. The van der Waals surface area contributed by atoms with E-state index in [0.717, 1.165) is 77.4 Å². The quantitative estimate of drug-likeness (QED) is 0.435. The Kier molecular flexibility index (Phi) is 6.07. The maximum absolute atomic E-state index is 10.3. The standard InChI is InChI=1S/C31H37N5/c1-4-26-17-25(12-13-33-26)29-21(3)27(18-32)31(34-30(29)24-10-11-24)35-14-15-36(28(19-35)23-8-9-23)20(2)16-22-6-5-7-22/h4,12-13,17,22-24,28H,1-2,5-11,14-16,19H2,3H3. The largest absolute Gasteiger partial charge is 0.368 e. The third kappa shape index (κ3) is 4.32. The normalized spacial score (nSPS) is 22.2. The monoisotopic (exact) mass is 479 g/mol. The van der Waals surface area contributed by atoms with Gasteiger partial charge in [0.25, 0.3) is 0 Å². The molecule has 5 nitrogen and oxygen atoms in total. The lowest BCUT2D eigenvalue weighted by atomic mass is 9.82. The molecule has 1 saturated heterocycles. The van der Waals surface area contributed by atoms with E-state index in [-0.39, 0.29) is 0 Å². The number of aromatic nitrogens is 2. The molecule has 0 amide bonds. The molecule has 36 heavy (non-hydrogen) atoms. The maximum Gasteiger partial charge on any atom is 0.147 e. The minimum Gasteiger partial charge on any atom is -0.368 e. The molecule has 3 saturated carbocycles. The van der Waals surface area contributed by atoms with Crippen molar-refractivity contribution in [1.29, 1.82) is 5.26 Å².